The normalized spacial score (nSPS) is 20.7. The van der Waals surface area contributed by atoms with Gasteiger partial charge in [0.1, 0.15) is 0 Å². The molecule has 0 saturated carbocycles. The van der Waals surface area contributed by atoms with Gasteiger partial charge in [-0.05, 0) is 53.2 Å². The summed E-state index contributed by atoms with van der Waals surface area (Å²) in [4.78, 5) is 13.9. The molecule has 0 bridgehead atoms. The molecule has 4 nitrogen and oxygen atoms in total. The van der Waals surface area contributed by atoms with Crippen LogP contribution in [0.15, 0.2) is 0 Å². The number of nitrogens with one attached hydrogen (secondary N) is 2. The van der Waals surface area contributed by atoms with Gasteiger partial charge in [0.05, 0.1) is 6.04 Å². The number of hydrogen-bond acceptors (Lipinski definition) is 3. The van der Waals surface area contributed by atoms with E-state index in [1.807, 2.05) is 0 Å². The SMILES string of the molecule is CC(C)N(C)CCCNC(=O)[C@@H]1CCCN1. The molecule has 1 aliphatic heterocycles. The van der Waals surface area contributed by atoms with Gasteiger partial charge in [-0.2, -0.15) is 0 Å². The van der Waals surface area contributed by atoms with E-state index in [-0.39, 0.29) is 11.9 Å². The molecule has 0 unspecified atom stereocenters. The van der Waals surface area contributed by atoms with Crippen LogP contribution in [0.5, 0.6) is 0 Å². The summed E-state index contributed by atoms with van der Waals surface area (Å²) in [6.45, 7) is 7.17. The van der Waals surface area contributed by atoms with Crippen LogP contribution in [0.25, 0.3) is 0 Å². The summed E-state index contributed by atoms with van der Waals surface area (Å²) in [5.74, 6) is 0.171. The van der Waals surface area contributed by atoms with Gasteiger partial charge in [0.25, 0.3) is 0 Å². The smallest absolute Gasteiger partial charge is 0.237 e. The molecule has 0 spiro atoms. The summed E-state index contributed by atoms with van der Waals surface area (Å²) in [7, 11) is 2.12. The van der Waals surface area contributed by atoms with Gasteiger partial charge in [0.15, 0.2) is 0 Å². The highest BCUT2D eigenvalue weighted by molar-refractivity contribution is 5.81. The fourth-order valence-corrected chi connectivity index (χ4v) is 1.83. The Morgan fingerprint density at radius 2 is 2.31 bits per heavy atom. The number of carbonyl (C=O) groups excluding carboxylic acids is 1. The van der Waals surface area contributed by atoms with Crippen LogP contribution in [0.1, 0.15) is 33.1 Å². The first-order valence-corrected chi connectivity index (χ1v) is 6.32. The van der Waals surface area contributed by atoms with Gasteiger partial charge in [-0.25, -0.2) is 0 Å². The summed E-state index contributed by atoms with van der Waals surface area (Å²) in [5, 5.41) is 6.19. The topological polar surface area (TPSA) is 44.4 Å². The number of rotatable bonds is 6. The first kappa shape index (κ1) is 13.5. The Kier molecular flexibility index (Phi) is 5.77. The van der Waals surface area contributed by atoms with E-state index < -0.39 is 0 Å². The van der Waals surface area contributed by atoms with Crippen molar-refractivity contribution < 1.29 is 4.79 Å². The quantitative estimate of drug-likeness (QED) is 0.653. The van der Waals surface area contributed by atoms with Crippen LogP contribution in [-0.4, -0.2) is 49.6 Å². The fraction of sp³-hybridized carbons (Fsp3) is 0.917. The summed E-state index contributed by atoms with van der Waals surface area (Å²) in [5.41, 5.74) is 0. The largest absolute Gasteiger partial charge is 0.355 e. The first-order valence-electron chi connectivity index (χ1n) is 6.32. The molecule has 0 aromatic carbocycles. The lowest BCUT2D eigenvalue weighted by molar-refractivity contribution is -0.122. The van der Waals surface area contributed by atoms with Gasteiger partial charge in [-0.3, -0.25) is 4.79 Å². The van der Waals surface area contributed by atoms with E-state index in [9.17, 15) is 4.79 Å². The molecule has 1 rings (SSSR count). The summed E-state index contributed by atoms with van der Waals surface area (Å²) >= 11 is 0. The van der Waals surface area contributed by atoms with Crippen LogP contribution in [-0.2, 0) is 4.79 Å². The molecule has 2 N–H and O–H groups in total. The maximum atomic E-state index is 11.6. The molecule has 4 heteroatoms. The zero-order valence-electron chi connectivity index (χ0n) is 10.8. The second kappa shape index (κ2) is 6.86. The predicted molar refractivity (Wildman–Crippen MR) is 66.4 cm³/mol. The van der Waals surface area contributed by atoms with Gasteiger partial charge in [-0.1, -0.05) is 0 Å². The molecular weight excluding hydrogens is 202 g/mol. The third-order valence-electron chi connectivity index (χ3n) is 3.25. The van der Waals surface area contributed by atoms with Crippen LogP contribution in [0.3, 0.4) is 0 Å². The molecule has 94 valence electrons. The van der Waals surface area contributed by atoms with E-state index in [0.29, 0.717) is 6.04 Å². The highest BCUT2D eigenvalue weighted by Crippen LogP contribution is 2.04. The lowest BCUT2D eigenvalue weighted by Crippen LogP contribution is -2.41. The van der Waals surface area contributed by atoms with Gasteiger partial charge in [0, 0.05) is 12.6 Å². The predicted octanol–water partition coefficient (Wildman–Crippen LogP) is 0.585. The fourth-order valence-electron chi connectivity index (χ4n) is 1.83. The standard InChI is InChI=1S/C12H25N3O/c1-10(2)15(3)9-5-8-14-12(16)11-6-4-7-13-11/h10-11,13H,4-9H2,1-3H3,(H,14,16)/t11-/m0/s1. The monoisotopic (exact) mass is 227 g/mol. The molecular formula is C12H25N3O. The average molecular weight is 227 g/mol. The van der Waals surface area contributed by atoms with Crippen LogP contribution < -0.4 is 10.6 Å². The summed E-state index contributed by atoms with van der Waals surface area (Å²) < 4.78 is 0. The van der Waals surface area contributed by atoms with Crippen molar-refractivity contribution >= 4 is 5.91 Å². The average Bonchev–Trinajstić information content (AvgIpc) is 2.76. The molecule has 0 aromatic rings. The third-order valence-corrected chi connectivity index (χ3v) is 3.25. The van der Waals surface area contributed by atoms with E-state index in [1.54, 1.807) is 0 Å². The highest BCUT2D eigenvalue weighted by Gasteiger charge is 2.21. The Hall–Kier alpha value is -0.610. The van der Waals surface area contributed by atoms with Crippen molar-refractivity contribution in [2.75, 3.05) is 26.7 Å². The lowest BCUT2D eigenvalue weighted by Gasteiger charge is -2.21. The van der Waals surface area contributed by atoms with Crippen molar-refractivity contribution in [3.05, 3.63) is 0 Å². The van der Waals surface area contributed by atoms with Crippen LogP contribution >= 0.6 is 0 Å². The lowest BCUT2D eigenvalue weighted by atomic mass is 10.2. The van der Waals surface area contributed by atoms with Gasteiger partial charge in [0.2, 0.25) is 5.91 Å². The Labute approximate surface area is 98.8 Å². The zero-order valence-corrected chi connectivity index (χ0v) is 10.8. The summed E-state index contributed by atoms with van der Waals surface area (Å²) in [6, 6.07) is 0.634. The molecule has 1 fully saturated rings. The maximum Gasteiger partial charge on any atom is 0.237 e. The molecule has 1 saturated heterocycles. The van der Waals surface area contributed by atoms with Crippen molar-refractivity contribution in [1.29, 1.82) is 0 Å². The molecule has 0 radical (unpaired) electrons. The van der Waals surface area contributed by atoms with E-state index in [4.69, 9.17) is 0 Å². The van der Waals surface area contributed by atoms with E-state index in [2.05, 4.69) is 36.4 Å². The Morgan fingerprint density at radius 3 is 2.88 bits per heavy atom. The van der Waals surface area contributed by atoms with Crippen molar-refractivity contribution in [1.82, 2.24) is 15.5 Å². The maximum absolute atomic E-state index is 11.6. The van der Waals surface area contributed by atoms with Crippen molar-refractivity contribution in [3.8, 4) is 0 Å². The number of nitrogens with zero attached hydrogens (tertiary/aromatic N) is 1. The first-order chi connectivity index (χ1) is 7.61. The zero-order chi connectivity index (χ0) is 12.0. The minimum Gasteiger partial charge on any atom is -0.355 e. The third kappa shape index (κ3) is 4.49. The molecule has 1 amide bonds. The Balaban J connectivity index is 2.04. The second-order valence-corrected chi connectivity index (χ2v) is 4.87. The van der Waals surface area contributed by atoms with Crippen LogP contribution in [0.2, 0.25) is 0 Å². The number of carbonyl (C=O) groups is 1. The summed E-state index contributed by atoms with van der Waals surface area (Å²) in [6.07, 6.45) is 3.12. The second-order valence-electron chi connectivity index (χ2n) is 4.87. The Morgan fingerprint density at radius 1 is 1.56 bits per heavy atom. The van der Waals surface area contributed by atoms with Crippen LogP contribution in [0, 0.1) is 0 Å². The van der Waals surface area contributed by atoms with Crippen molar-refractivity contribution in [2.45, 2.75) is 45.2 Å². The van der Waals surface area contributed by atoms with Gasteiger partial charge in [-0.15, -0.1) is 0 Å². The number of hydrogen-bond donors (Lipinski definition) is 2. The van der Waals surface area contributed by atoms with E-state index in [0.717, 1.165) is 38.9 Å². The van der Waals surface area contributed by atoms with Crippen molar-refractivity contribution in [3.63, 3.8) is 0 Å². The number of amides is 1. The van der Waals surface area contributed by atoms with E-state index >= 15 is 0 Å². The van der Waals surface area contributed by atoms with Gasteiger partial charge >= 0.3 is 0 Å². The molecule has 1 atom stereocenters. The molecule has 1 heterocycles. The highest BCUT2D eigenvalue weighted by atomic mass is 16.2. The minimum atomic E-state index is 0.0582. The van der Waals surface area contributed by atoms with E-state index in [1.165, 1.54) is 0 Å². The van der Waals surface area contributed by atoms with Crippen LogP contribution in [0.4, 0.5) is 0 Å². The molecule has 16 heavy (non-hydrogen) atoms. The van der Waals surface area contributed by atoms with Crippen molar-refractivity contribution in [2.24, 2.45) is 0 Å². The molecule has 1 aliphatic rings. The van der Waals surface area contributed by atoms with Gasteiger partial charge < -0.3 is 15.5 Å². The molecule has 0 aliphatic carbocycles. The molecule has 0 aromatic heterocycles. The minimum absolute atomic E-state index is 0.0582. The Bertz CT molecular complexity index is 212.